The van der Waals surface area contributed by atoms with Crippen LogP contribution in [0.4, 0.5) is 0 Å². The van der Waals surface area contributed by atoms with Crippen molar-refractivity contribution < 1.29 is 14.7 Å². The minimum atomic E-state index is -0.582. The molecule has 3 unspecified atom stereocenters. The van der Waals surface area contributed by atoms with Crippen molar-refractivity contribution in [3.63, 3.8) is 0 Å². The van der Waals surface area contributed by atoms with Gasteiger partial charge >= 0.3 is 0 Å². The van der Waals surface area contributed by atoms with Gasteiger partial charge in [-0.25, -0.2) is 0 Å². The van der Waals surface area contributed by atoms with Crippen LogP contribution in [0.2, 0.25) is 0 Å². The molecule has 0 aromatic carbocycles. The number of carbonyl (C=O) groups is 2. The molecule has 1 N–H and O–H groups in total. The van der Waals surface area contributed by atoms with Gasteiger partial charge < -0.3 is 5.11 Å². The zero-order valence-corrected chi connectivity index (χ0v) is 14.4. The maximum Gasteiger partial charge on any atom is 0.155 e. The number of aliphatic hydroxyl groups excluding tert-OH is 1. The van der Waals surface area contributed by atoms with Crippen LogP contribution in [-0.2, 0) is 9.59 Å². The highest BCUT2D eigenvalue weighted by atomic mass is 16.3. The summed E-state index contributed by atoms with van der Waals surface area (Å²) in [4.78, 5) is 24.4. The summed E-state index contributed by atoms with van der Waals surface area (Å²) < 4.78 is 0. The first-order valence-electron chi connectivity index (χ1n) is 9.32. The number of hydrogen-bond donors (Lipinski definition) is 1. The Hall–Kier alpha value is -1.40. The molecule has 4 aliphatic carbocycles. The van der Waals surface area contributed by atoms with E-state index in [1.807, 2.05) is 0 Å². The molecule has 0 spiro atoms. The Balaban J connectivity index is 1.79. The number of ketones is 2. The van der Waals surface area contributed by atoms with Gasteiger partial charge in [-0.2, -0.15) is 0 Å². The summed E-state index contributed by atoms with van der Waals surface area (Å²) in [6.07, 6.45) is 13.0. The average Bonchev–Trinajstić information content (AvgIpc) is 2.85. The van der Waals surface area contributed by atoms with Crippen molar-refractivity contribution in [2.75, 3.05) is 0 Å². The van der Waals surface area contributed by atoms with Crippen molar-refractivity contribution in [2.24, 2.45) is 28.6 Å². The van der Waals surface area contributed by atoms with Crippen molar-refractivity contribution >= 4 is 11.6 Å². The highest BCUT2D eigenvalue weighted by molar-refractivity contribution is 5.92. The molecule has 3 heteroatoms. The summed E-state index contributed by atoms with van der Waals surface area (Å²) in [5.41, 5.74) is 0.466. The summed E-state index contributed by atoms with van der Waals surface area (Å²) in [6.45, 7) is 2.14. The van der Waals surface area contributed by atoms with Crippen LogP contribution in [0, 0.1) is 40.9 Å². The second-order valence-corrected chi connectivity index (χ2v) is 8.65. The molecule has 0 bridgehead atoms. The number of rotatable bonds is 1. The lowest BCUT2D eigenvalue weighted by Crippen LogP contribution is -2.55. The van der Waals surface area contributed by atoms with E-state index in [0.29, 0.717) is 49.2 Å². The number of Topliss-reactive ketones (excluding diaryl/α,β-unsaturated/α-hetero) is 1. The molecular formula is C21H26O3. The molecule has 6 atom stereocenters. The molecule has 0 amide bonds. The molecular weight excluding hydrogens is 300 g/mol. The SMILES string of the molecule is C#CC[C@]12CCC(=O)C=C1[C@H](O)CC1C2CC[C@]2(C)C(=O)CCC12. The minimum Gasteiger partial charge on any atom is -0.389 e. The van der Waals surface area contributed by atoms with Crippen molar-refractivity contribution in [3.8, 4) is 12.3 Å². The van der Waals surface area contributed by atoms with E-state index in [0.717, 1.165) is 31.3 Å². The van der Waals surface area contributed by atoms with Crippen molar-refractivity contribution in [2.45, 2.75) is 64.4 Å². The summed E-state index contributed by atoms with van der Waals surface area (Å²) in [7, 11) is 0. The van der Waals surface area contributed by atoms with Crippen molar-refractivity contribution in [1.82, 2.24) is 0 Å². The van der Waals surface area contributed by atoms with E-state index >= 15 is 0 Å². The molecule has 0 aromatic heterocycles. The van der Waals surface area contributed by atoms with E-state index in [2.05, 4.69) is 12.8 Å². The second-order valence-electron chi connectivity index (χ2n) is 8.65. The van der Waals surface area contributed by atoms with E-state index in [4.69, 9.17) is 6.42 Å². The Morgan fingerprint density at radius 1 is 1.25 bits per heavy atom. The van der Waals surface area contributed by atoms with Gasteiger partial charge in [0, 0.05) is 30.1 Å². The van der Waals surface area contributed by atoms with Crippen LogP contribution >= 0.6 is 0 Å². The zero-order valence-electron chi connectivity index (χ0n) is 14.4. The smallest absolute Gasteiger partial charge is 0.155 e. The minimum absolute atomic E-state index is 0.117. The Labute approximate surface area is 143 Å². The normalized spacial score (nSPS) is 47.3. The predicted molar refractivity (Wildman–Crippen MR) is 90.9 cm³/mol. The molecule has 0 saturated heterocycles. The topological polar surface area (TPSA) is 54.4 Å². The van der Waals surface area contributed by atoms with E-state index in [-0.39, 0.29) is 16.6 Å². The number of aliphatic hydroxyl groups is 1. The van der Waals surface area contributed by atoms with Gasteiger partial charge in [-0.15, -0.1) is 12.3 Å². The van der Waals surface area contributed by atoms with Gasteiger partial charge in [-0.3, -0.25) is 9.59 Å². The van der Waals surface area contributed by atoms with Crippen LogP contribution in [0.25, 0.3) is 0 Å². The first-order chi connectivity index (χ1) is 11.4. The first-order valence-corrected chi connectivity index (χ1v) is 9.32. The van der Waals surface area contributed by atoms with Gasteiger partial charge in [0.15, 0.2) is 5.78 Å². The summed E-state index contributed by atoms with van der Waals surface area (Å²) in [6, 6.07) is 0. The van der Waals surface area contributed by atoms with Crippen LogP contribution in [0.3, 0.4) is 0 Å². The van der Waals surface area contributed by atoms with Crippen LogP contribution in [0.5, 0.6) is 0 Å². The van der Waals surface area contributed by atoms with Crippen molar-refractivity contribution in [3.05, 3.63) is 11.6 Å². The molecule has 4 rings (SSSR count). The third-order valence-corrected chi connectivity index (χ3v) is 7.84. The van der Waals surface area contributed by atoms with Gasteiger partial charge in [0.25, 0.3) is 0 Å². The third-order valence-electron chi connectivity index (χ3n) is 7.84. The van der Waals surface area contributed by atoms with Crippen LogP contribution < -0.4 is 0 Å². The quantitative estimate of drug-likeness (QED) is 0.754. The molecule has 24 heavy (non-hydrogen) atoms. The Morgan fingerprint density at radius 3 is 2.79 bits per heavy atom. The molecule has 0 aromatic rings. The van der Waals surface area contributed by atoms with Crippen molar-refractivity contribution in [1.29, 1.82) is 0 Å². The molecule has 3 nitrogen and oxygen atoms in total. The second kappa shape index (κ2) is 5.30. The molecule has 128 valence electrons. The average molecular weight is 326 g/mol. The molecule has 4 aliphatic rings. The van der Waals surface area contributed by atoms with E-state index in [1.54, 1.807) is 6.08 Å². The molecule has 3 saturated carbocycles. The Bertz CT molecular complexity index is 669. The fraction of sp³-hybridized carbons (Fsp3) is 0.714. The highest BCUT2D eigenvalue weighted by Gasteiger charge is 2.61. The predicted octanol–water partition coefficient (Wildman–Crippen LogP) is 3.06. The van der Waals surface area contributed by atoms with E-state index in [9.17, 15) is 14.7 Å². The first kappa shape index (κ1) is 16.1. The maximum absolute atomic E-state index is 12.5. The van der Waals surface area contributed by atoms with Gasteiger partial charge in [0.1, 0.15) is 5.78 Å². The fourth-order valence-electron chi connectivity index (χ4n) is 6.67. The largest absolute Gasteiger partial charge is 0.389 e. The monoisotopic (exact) mass is 326 g/mol. The lowest BCUT2D eigenvalue weighted by atomic mass is 9.45. The van der Waals surface area contributed by atoms with Gasteiger partial charge in [-0.1, -0.05) is 6.92 Å². The number of fused-ring (bicyclic) bond motifs is 5. The van der Waals surface area contributed by atoms with Crippen LogP contribution in [0.15, 0.2) is 11.6 Å². The fourth-order valence-corrected chi connectivity index (χ4v) is 6.67. The van der Waals surface area contributed by atoms with Gasteiger partial charge in [-0.05, 0) is 61.5 Å². The molecule has 0 heterocycles. The maximum atomic E-state index is 12.5. The lowest BCUT2D eigenvalue weighted by molar-refractivity contribution is -0.135. The van der Waals surface area contributed by atoms with Crippen LogP contribution in [0.1, 0.15) is 58.3 Å². The third kappa shape index (κ3) is 1.96. The van der Waals surface area contributed by atoms with E-state index in [1.165, 1.54) is 0 Å². The Morgan fingerprint density at radius 2 is 2.04 bits per heavy atom. The molecule has 0 radical (unpaired) electrons. The molecule has 3 fully saturated rings. The lowest BCUT2D eigenvalue weighted by Gasteiger charge is -2.58. The number of hydrogen-bond acceptors (Lipinski definition) is 3. The summed E-state index contributed by atoms with van der Waals surface area (Å²) in [5.74, 6) is 4.49. The van der Waals surface area contributed by atoms with Gasteiger partial charge in [0.05, 0.1) is 6.10 Å². The van der Waals surface area contributed by atoms with Gasteiger partial charge in [0.2, 0.25) is 0 Å². The standard InChI is InChI=1S/C21H26O3/c1-3-8-21-10-6-13(22)11-17(21)18(23)12-14-15-4-5-19(24)20(15,2)9-7-16(14)21/h1,11,14-16,18,23H,4-10,12H2,2H3/t14?,15?,16?,18-,20+,21-/m1/s1. The van der Waals surface area contributed by atoms with E-state index < -0.39 is 6.10 Å². The number of carbonyl (C=O) groups excluding carboxylic acids is 2. The Kier molecular flexibility index (Phi) is 3.55. The zero-order chi connectivity index (χ0) is 17.1. The highest BCUT2D eigenvalue weighted by Crippen LogP contribution is 2.65. The van der Waals surface area contributed by atoms with Crippen LogP contribution in [-0.4, -0.2) is 22.8 Å². The summed E-state index contributed by atoms with van der Waals surface area (Å²) in [5, 5.41) is 10.8. The summed E-state index contributed by atoms with van der Waals surface area (Å²) >= 11 is 0. The molecule has 0 aliphatic heterocycles. The number of terminal acetylenes is 1.